The zero-order chi connectivity index (χ0) is 9.84. The van der Waals surface area contributed by atoms with Crippen molar-refractivity contribution >= 4 is 23.3 Å². The van der Waals surface area contributed by atoms with Gasteiger partial charge in [-0.25, -0.2) is 0 Å². The molecule has 0 saturated carbocycles. The summed E-state index contributed by atoms with van der Waals surface area (Å²) in [6, 6.07) is 1.76. The van der Waals surface area contributed by atoms with E-state index in [1.54, 1.807) is 6.07 Å². The summed E-state index contributed by atoms with van der Waals surface area (Å²) in [5.41, 5.74) is 1.84. The van der Waals surface area contributed by atoms with Gasteiger partial charge in [0, 0.05) is 0 Å². The number of nitrogens with one attached hydrogen (secondary N) is 1. The van der Waals surface area contributed by atoms with E-state index >= 15 is 0 Å². The van der Waals surface area contributed by atoms with Gasteiger partial charge in [-0.3, -0.25) is 4.79 Å². The summed E-state index contributed by atoms with van der Waals surface area (Å²) in [6.45, 7) is 3.76. The highest BCUT2D eigenvalue weighted by atomic mass is 35.5. The van der Waals surface area contributed by atoms with Crippen LogP contribution in [0.15, 0.2) is 6.07 Å². The first-order valence-electron chi connectivity index (χ1n) is 3.80. The number of halogens is 1. The zero-order valence-corrected chi connectivity index (χ0v) is 8.22. The first-order valence-corrected chi connectivity index (χ1v) is 4.33. The lowest BCUT2D eigenvalue weighted by atomic mass is 10.2. The Morgan fingerprint density at radius 2 is 2.23 bits per heavy atom. The molecule has 1 aromatic rings. The summed E-state index contributed by atoms with van der Waals surface area (Å²) in [5, 5.41) is 10.2. The summed E-state index contributed by atoms with van der Waals surface area (Å²) >= 11 is 5.31. The zero-order valence-electron chi connectivity index (χ0n) is 7.47. The van der Waals surface area contributed by atoms with Gasteiger partial charge in [0.1, 0.15) is 5.88 Å². The summed E-state index contributed by atoms with van der Waals surface area (Å²) in [7, 11) is 0. The van der Waals surface area contributed by atoms with Gasteiger partial charge in [-0.05, 0) is 25.5 Å². The predicted octanol–water partition coefficient (Wildman–Crippen LogP) is 1.27. The Balaban J connectivity index is 2.79. The van der Waals surface area contributed by atoms with Crippen molar-refractivity contribution in [2.75, 3.05) is 11.2 Å². The highest BCUT2D eigenvalue weighted by Crippen LogP contribution is 2.07. The molecule has 13 heavy (non-hydrogen) atoms. The number of aryl methyl sites for hydroxylation is 2. The van der Waals surface area contributed by atoms with E-state index < -0.39 is 0 Å². The third-order valence-electron chi connectivity index (χ3n) is 1.62. The molecule has 0 aliphatic heterocycles. The highest BCUT2D eigenvalue weighted by Gasteiger charge is 2.02. The van der Waals surface area contributed by atoms with Crippen molar-refractivity contribution in [3.8, 4) is 0 Å². The van der Waals surface area contributed by atoms with Gasteiger partial charge in [-0.2, -0.15) is 5.10 Å². The number of aromatic nitrogens is 2. The van der Waals surface area contributed by atoms with Gasteiger partial charge < -0.3 is 5.32 Å². The van der Waals surface area contributed by atoms with Crippen LogP contribution in [0.25, 0.3) is 0 Å². The fourth-order valence-electron chi connectivity index (χ4n) is 0.783. The van der Waals surface area contributed by atoms with E-state index in [2.05, 4.69) is 15.5 Å². The van der Waals surface area contributed by atoms with Crippen molar-refractivity contribution in [3.63, 3.8) is 0 Å². The first-order chi connectivity index (χ1) is 6.13. The molecule has 0 aliphatic carbocycles. The summed E-state index contributed by atoms with van der Waals surface area (Å²) in [5.74, 6) is 0.0854. The maximum Gasteiger partial charge on any atom is 0.240 e. The van der Waals surface area contributed by atoms with Crippen LogP contribution in [0.3, 0.4) is 0 Å². The summed E-state index contributed by atoms with van der Waals surface area (Å²) < 4.78 is 0. The topological polar surface area (TPSA) is 54.9 Å². The molecule has 4 nitrogen and oxygen atoms in total. The van der Waals surface area contributed by atoms with Crippen molar-refractivity contribution in [3.05, 3.63) is 17.3 Å². The van der Waals surface area contributed by atoms with Crippen LogP contribution in [0.4, 0.5) is 5.82 Å². The third kappa shape index (κ3) is 2.66. The maximum atomic E-state index is 10.9. The Kier molecular flexibility index (Phi) is 3.19. The standard InChI is InChI=1S/C8H10ClN3O/c1-5-3-7(10-8(13)4-9)12-11-6(5)2/h3H,4H2,1-2H3,(H,10,12,13). The molecule has 0 spiro atoms. The molecule has 0 bridgehead atoms. The van der Waals surface area contributed by atoms with E-state index in [1.165, 1.54) is 0 Å². The molecule has 1 rings (SSSR count). The molecule has 0 atom stereocenters. The number of nitrogens with zero attached hydrogens (tertiary/aromatic N) is 2. The molecule has 0 saturated heterocycles. The molecule has 1 N–H and O–H groups in total. The Morgan fingerprint density at radius 3 is 2.77 bits per heavy atom. The van der Waals surface area contributed by atoms with Gasteiger partial charge in [0.25, 0.3) is 0 Å². The lowest BCUT2D eigenvalue weighted by Gasteiger charge is -2.02. The second-order valence-corrected chi connectivity index (χ2v) is 2.95. The Labute approximate surface area is 81.3 Å². The smallest absolute Gasteiger partial charge is 0.240 e. The highest BCUT2D eigenvalue weighted by molar-refractivity contribution is 6.28. The molecule has 1 aromatic heterocycles. The fourth-order valence-corrected chi connectivity index (χ4v) is 0.850. The number of anilines is 1. The third-order valence-corrected chi connectivity index (χ3v) is 1.86. The van der Waals surface area contributed by atoms with Crippen LogP contribution in [-0.2, 0) is 4.79 Å². The van der Waals surface area contributed by atoms with Gasteiger partial charge in [0.05, 0.1) is 5.69 Å². The minimum absolute atomic E-state index is 0.0748. The van der Waals surface area contributed by atoms with Gasteiger partial charge in [0.2, 0.25) is 5.91 Å². The Bertz CT molecular complexity index is 327. The van der Waals surface area contributed by atoms with Crippen LogP contribution in [0.1, 0.15) is 11.3 Å². The van der Waals surface area contributed by atoms with Gasteiger partial charge in [-0.1, -0.05) is 0 Å². The Hall–Kier alpha value is -1.16. The molecule has 5 heteroatoms. The second kappa shape index (κ2) is 4.18. The van der Waals surface area contributed by atoms with Crippen molar-refractivity contribution in [1.29, 1.82) is 0 Å². The van der Waals surface area contributed by atoms with Crippen LogP contribution in [0.2, 0.25) is 0 Å². The largest absolute Gasteiger partial charge is 0.308 e. The summed E-state index contributed by atoms with van der Waals surface area (Å²) in [4.78, 5) is 10.9. The number of alkyl halides is 1. The predicted molar refractivity (Wildman–Crippen MR) is 50.9 cm³/mol. The monoisotopic (exact) mass is 199 g/mol. The molecule has 0 unspecified atom stereocenters. The first kappa shape index (κ1) is 9.92. The molecule has 0 aliphatic rings. The minimum Gasteiger partial charge on any atom is -0.308 e. The Morgan fingerprint density at radius 1 is 1.54 bits per heavy atom. The SMILES string of the molecule is Cc1cc(NC(=O)CCl)nnc1C. The van der Waals surface area contributed by atoms with E-state index in [9.17, 15) is 4.79 Å². The minimum atomic E-state index is -0.279. The number of rotatable bonds is 2. The molecule has 0 aromatic carbocycles. The van der Waals surface area contributed by atoms with Crippen LogP contribution in [-0.4, -0.2) is 22.0 Å². The quantitative estimate of drug-likeness (QED) is 0.730. The fraction of sp³-hybridized carbons (Fsp3) is 0.375. The van der Waals surface area contributed by atoms with Crippen molar-refractivity contribution < 1.29 is 4.79 Å². The van der Waals surface area contributed by atoms with Crippen LogP contribution < -0.4 is 5.32 Å². The normalized spacial score (nSPS) is 9.77. The molecular weight excluding hydrogens is 190 g/mol. The van der Waals surface area contributed by atoms with Gasteiger partial charge in [0.15, 0.2) is 5.82 Å². The number of carbonyl (C=O) groups is 1. The lowest BCUT2D eigenvalue weighted by molar-refractivity contribution is -0.113. The lowest BCUT2D eigenvalue weighted by Crippen LogP contribution is -2.14. The average Bonchev–Trinajstić information content (AvgIpc) is 2.11. The van der Waals surface area contributed by atoms with Crippen LogP contribution in [0, 0.1) is 13.8 Å². The molecule has 1 amide bonds. The van der Waals surface area contributed by atoms with Crippen molar-refractivity contribution in [2.45, 2.75) is 13.8 Å². The molecule has 0 radical (unpaired) electrons. The van der Waals surface area contributed by atoms with E-state index in [0.29, 0.717) is 5.82 Å². The van der Waals surface area contributed by atoms with Crippen molar-refractivity contribution in [2.24, 2.45) is 0 Å². The molecule has 70 valence electrons. The number of hydrogen-bond acceptors (Lipinski definition) is 3. The van der Waals surface area contributed by atoms with E-state index in [0.717, 1.165) is 11.3 Å². The number of amides is 1. The van der Waals surface area contributed by atoms with E-state index in [-0.39, 0.29) is 11.8 Å². The maximum absolute atomic E-state index is 10.9. The molecule has 0 fully saturated rings. The van der Waals surface area contributed by atoms with Gasteiger partial charge >= 0.3 is 0 Å². The van der Waals surface area contributed by atoms with Gasteiger partial charge in [-0.15, -0.1) is 16.7 Å². The molecule has 1 heterocycles. The van der Waals surface area contributed by atoms with E-state index in [1.807, 2.05) is 13.8 Å². The number of carbonyl (C=O) groups excluding carboxylic acids is 1. The van der Waals surface area contributed by atoms with E-state index in [4.69, 9.17) is 11.6 Å². The van der Waals surface area contributed by atoms with Crippen molar-refractivity contribution in [1.82, 2.24) is 10.2 Å². The van der Waals surface area contributed by atoms with Crippen LogP contribution >= 0.6 is 11.6 Å². The number of hydrogen-bond donors (Lipinski definition) is 1. The average molecular weight is 200 g/mol. The molecular formula is C8H10ClN3O. The van der Waals surface area contributed by atoms with Crippen LogP contribution in [0.5, 0.6) is 0 Å². The second-order valence-electron chi connectivity index (χ2n) is 2.68. The summed E-state index contributed by atoms with van der Waals surface area (Å²) in [6.07, 6.45) is 0.